The summed E-state index contributed by atoms with van der Waals surface area (Å²) in [6, 6.07) is 15.3. The lowest BCUT2D eigenvalue weighted by Crippen LogP contribution is -2.26. The number of alkyl halides is 3. The number of aromatic nitrogens is 2. The molecule has 2 amide bonds. The second-order valence-corrected chi connectivity index (χ2v) is 8.23. The van der Waals surface area contributed by atoms with Crippen molar-refractivity contribution in [2.75, 3.05) is 19.0 Å². The first kappa shape index (κ1) is 26.0. The van der Waals surface area contributed by atoms with Crippen LogP contribution in [0.1, 0.15) is 15.9 Å². The summed E-state index contributed by atoms with van der Waals surface area (Å²) in [6.45, 7) is 0.0946. The Morgan fingerprint density at radius 3 is 2.62 bits per heavy atom. The van der Waals surface area contributed by atoms with Gasteiger partial charge in [0.2, 0.25) is 5.91 Å². The van der Waals surface area contributed by atoms with Crippen LogP contribution in [-0.4, -0.2) is 41.7 Å². The highest BCUT2D eigenvalue weighted by Crippen LogP contribution is 2.29. The van der Waals surface area contributed by atoms with Crippen molar-refractivity contribution in [1.82, 2.24) is 15.1 Å². The van der Waals surface area contributed by atoms with E-state index in [4.69, 9.17) is 16.3 Å². The molecule has 0 aliphatic rings. The molecule has 4 aromatic rings. The van der Waals surface area contributed by atoms with E-state index < -0.39 is 12.3 Å². The summed E-state index contributed by atoms with van der Waals surface area (Å²) in [5, 5.41) is 10.5. The number of hydrogen-bond donors (Lipinski definition) is 2. The number of ether oxygens (including phenoxy) is 2. The van der Waals surface area contributed by atoms with Gasteiger partial charge in [0.25, 0.3) is 5.91 Å². The molecule has 8 nitrogen and oxygen atoms in total. The van der Waals surface area contributed by atoms with Gasteiger partial charge in [-0.25, -0.2) is 4.68 Å². The number of carbonyl (C=O) groups is 2. The van der Waals surface area contributed by atoms with Crippen molar-refractivity contribution in [3.8, 4) is 11.4 Å². The molecule has 0 fully saturated rings. The van der Waals surface area contributed by atoms with Gasteiger partial charge in [0.05, 0.1) is 33.7 Å². The van der Waals surface area contributed by atoms with Crippen molar-refractivity contribution in [3.63, 3.8) is 0 Å². The van der Waals surface area contributed by atoms with Crippen LogP contribution < -0.4 is 15.4 Å². The van der Waals surface area contributed by atoms with Crippen LogP contribution in [-0.2, 0) is 16.1 Å². The number of anilines is 1. The first-order chi connectivity index (χ1) is 17.6. The lowest BCUT2D eigenvalue weighted by Gasteiger charge is -2.12. The van der Waals surface area contributed by atoms with E-state index in [1.54, 1.807) is 42.5 Å². The Balaban J connectivity index is 1.58. The summed E-state index contributed by atoms with van der Waals surface area (Å²) in [4.78, 5) is 24.7. The fourth-order valence-electron chi connectivity index (χ4n) is 3.61. The van der Waals surface area contributed by atoms with Crippen molar-refractivity contribution in [3.05, 3.63) is 83.0 Å². The van der Waals surface area contributed by atoms with E-state index in [0.29, 0.717) is 27.8 Å². The van der Waals surface area contributed by atoms with E-state index in [1.165, 1.54) is 36.2 Å². The summed E-state index contributed by atoms with van der Waals surface area (Å²) >= 11 is 6.26. The smallest absolute Gasteiger partial charge is 0.406 e. The summed E-state index contributed by atoms with van der Waals surface area (Å²) in [5.74, 6) is -1.18. The molecule has 0 spiro atoms. The zero-order chi connectivity index (χ0) is 26.6. The Morgan fingerprint density at radius 2 is 1.86 bits per heavy atom. The third-order valence-corrected chi connectivity index (χ3v) is 5.53. The first-order valence-electron chi connectivity index (χ1n) is 10.8. The van der Waals surface area contributed by atoms with E-state index in [0.717, 1.165) is 0 Å². The van der Waals surface area contributed by atoms with Crippen LogP contribution in [0.4, 0.5) is 18.9 Å². The van der Waals surface area contributed by atoms with Gasteiger partial charge in [-0.2, -0.15) is 5.10 Å². The van der Waals surface area contributed by atoms with E-state index in [9.17, 15) is 22.8 Å². The number of benzene rings is 3. The molecular formula is C25H20ClF3N4O4. The minimum Gasteiger partial charge on any atom is -0.406 e. The standard InChI is InChI=1S/C25H20ClF3N4O4/c1-36-14-23(34)30-12-15-8-9-20(26)18(10-15)24(35)32-21-6-3-7-22-19(21)13-31-33(22)16-4-2-5-17(11-16)37-25(27,28)29/h2-11,13H,12,14H2,1H3,(H,30,34)(H,32,35). The number of hydrogen-bond acceptors (Lipinski definition) is 5. The maximum atomic E-state index is 13.1. The van der Waals surface area contributed by atoms with Crippen LogP contribution in [0.5, 0.6) is 5.75 Å². The van der Waals surface area contributed by atoms with Gasteiger partial charge in [0, 0.05) is 25.1 Å². The van der Waals surface area contributed by atoms with Crippen molar-refractivity contribution in [1.29, 1.82) is 0 Å². The fourth-order valence-corrected chi connectivity index (χ4v) is 3.81. The lowest BCUT2D eigenvalue weighted by atomic mass is 10.1. The molecule has 37 heavy (non-hydrogen) atoms. The molecule has 0 aliphatic heterocycles. The number of amides is 2. The van der Waals surface area contributed by atoms with Crippen LogP contribution in [0.25, 0.3) is 16.6 Å². The number of rotatable bonds is 8. The molecule has 0 unspecified atom stereocenters. The number of halogens is 4. The van der Waals surface area contributed by atoms with Crippen molar-refractivity contribution in [2.24, 2.45) is 0 Å². The van der Waals surface area contributed by atoms with Crippen molar-refractivity contribution in [2.45, 2.75) is 12.9 Å². The summed E-state index contributed by atoms with van der Waals surface area (Å²) in [6.07, 6.45) is -3.33. The van der Waals surface area contributed by atoms with Gasteiger partial charge in [-0.05, 0) is 42.0 Å². The summed E-state index contributed by atoms with van der Waals surface area (Å²) in [5.41, 5.74) is 2.16. The average Bonchev–Trinajstić information content (AvgIpc) is 3.28. The van der Waals surface area contributed by atoms with Crippen molar-refractivity contribution >= 4 is 40.0 Å². The van der Waals surface area contributed by atoms with Crippen LogP contribution in [0.15, 0.2) is 66.9 Å². The van der Waals surface area contributed by atoms with Crippen LogP contribution in [0, 0.1) is 0 Å². The van der Waals surface area contributed by atoms with Crippen LogP contribution >= 0.6 is 11.6 Å². The number of nitrogens with zero attached hydrogens (tertiary/aromatic N) is 2. The molecule has 12 heteroatoms. The van der Waals surface area contributed by atoms with Gasteiger partial charge in [0.15, 0.2) is 0 Å². The Hall–Kier alpha value is -4.09. The largest absolute Gasteiger partial charge is 0.573 e. The minimum atomic E-state index is -4.82. The Labute approximate surface area is 213 Å². The number of nitrogens with one attached hydrogen (secondary N) is 2. The Bertz CT molecular complexity index is 1460. The molecule has 0 bridgehead atoms. The fraction of sp³-hybridized carbons (Fsp3) is 0.160. The quantitative estimate of drug-likeness (QED) is 0.329. The maximum absolute atomic E-state index is 13.1. The molecule has 0 saturated carbocycles. The second kappa shape index (κ2) is 10.9. The molecule has 2 N–H and O–H groups in total. The molecule has 4 rings (SSSR count). The highest BCUT2D eigenvalue weighted by atomic mass is 35.5. The van der Waals surface area contributed by atoms with E-state index in [2.05, 4.69) is 20.5 Å². The first-order valence-corrected chi connectivity index (χ1v) is 11.2. The van der Waals surface area contributed by atoms with Gasteiger partial charge in [-0.15, -0.1) is 13.2 Å². The normalized spacial score (nSPS) is 11.4. The van der Waals surface area contributed by atoms with Gasteiger partial charge >= 0.3 is 6.36 Å². The SMILES string of the molecule is COCC(=O)NCc1ccc(Cl)c(C(=O)Nc2cccc3c2cnn3-c2cccc(OC(F)(F)F)c2)c1. The predicted octanol–water partition coefficient (Wildman–Crippen LogP) is 5.09. The number of methoxy groups -OCH3 is 1. The maximum Gasteiger partial charge on any atom is 0.573 e. The topological polar surface area (TPSA) is 94.5 Å². The van der Waals surface area contributed by atoms with Crippen LogP contribution in [0.2, 0.25) is 5.02 Å². The minimum absolute atomic E-state index is 0.0851. The molecule has 1 aromatic heterocycles. The highest BCUT2D eigenvalue weighted by molar-refractivity contribution is 6.34. The highest BCUT2D eigenvalue weighted by Gasteiger charge is 2.31. The Kier molecular flexibility index (Phi) is 7.65. The Morgan fingerprint density at radius 1 is 1.08 bits per heavy atom. The number of carbonyl (C=O) groups excluding carboxylic acids is 2. The molecule has 0 radical (unpaired) electrons. The monoisotopic (exact) mass is 532 g/mol. The molecular weight excluding hydrogens is 513 g/mol. The van der Waals surface area contributed by atoms with E-state index in [1.807, 2.05) is 0 Å². The number of fused-ring (bicyclic) bond motifs is 1. The lowest BCUT2D eigenvalue weighted by molar-refractivity contribution is -0.274. The third kappa shape index (κ3) is 6.38. The molecule has 0 aliphatic carbocycles. The summed E-state index contributed by atoms with van der Waals surface area (Å²) in [7, 11) is 1.41. The van der Waals surface area contributed by atoms with Gasteiger partial charge in [0.1, 0.15) is 12.4 Å². The zero-order valence-corrected chi connectivity index (χ0v) is 20.1. The predicted molar refractivity (Wildman–Crippen MR) is 131 cm³/mol. The average molecular weight is 533 g/mol. The van der Waals surface area contributed by atoms with Crippen molar-refractivity contribution < 1.29 is 32.2 Å². The second-order valence-electron chi connectivity index (χ2n) is 7.82. The molecule has 0 saturated heterocycles. The summed E-state index contributed by atoms with van der Waals surface area (Å²) < 4.78 is 48.1. The van der Waals surface area contributed by atoms with E-state index in [-0.39, 0.29) is 35.4 Å². The molecule has 3 aromatic carbocycles. The molecule has 0 atom stereocenters. The van der Waals surface area contributed by atoms with E-state index >= 15 is 0 Å². The van der Waals surface area contributed by atoms with Gasteiger partial charge in [-0.3, -0.25) is 9.59 Å². The van der Waals surface area contributed by atoms with Crippen LogP contribution in [0.3, 0.4) is 0 Å². The molecule has 1 heterocycles. The molecule has 192 valence electrons. The van der Waals surface area contributed by atoms with Gasteiger partial charge in [-0.1, -0.05) is 29.8 Å². The van der Waals surface area contributed by atoms with Gasteiger partial charge < -0.3 is 20.1 Å². The zero-order valence-electron chi connectivity index (χ0n) is 19.3. The third-order valence-electron chi connectivity index (χ3n) is 5.20.